The second-order valence-corrected chi connectivity index (χ2v) is 5.24. The number of hydrogen-bond acceptors (Lipinski definition) is 3. The van der Waals surface area contributed by atoms with Crippen LogP contribution in [-0.4, -0.2) is 33.3 Å². The van der Waals surface area contributed by atoms with Crippen molar-refractivity contribution in [1.29, 1.82) is 0 Å². The Morgan fingerprint density at radius 3 is 3.15 bits per heavy atom. The maximum Gasteiger partial charge on any atom is 0.337 e. The van der Waals surface area contributed by atoms with Gasteiger partial charge in [0.1, 0.15) is 5.52 Å². The van der Waals surface area contributed by atoms with Gasteiger partial charge in [-0.1, -0.05) is 13.0 Å². The number of benzene rings is 1. The van der Waals surface area contributed by atoms with Gasteiger partial charge in [-0.3, -0.25) is 0 Å². The van der Waals surface area contributed by atoms with Crippen LogP contribution in [0.25, 0.3) is 11.0 Å². The van der Waals surface area contributed by atoms with Crippen molar-refractivity contribution in [2.75, 3.05) is 6.61 Å². The van der Waals surface area contributed by atoms with E-state index in [1.54, 1.807) is 18.5 Å². The van der Waals surface area contributed by atoms with E-state index in [9.17, 15) is 9.90 Å². The lowest BCUT2D eigenvalue weighted by atomic mass is 9.99. The van der Waals surface area contributed by atoms with Crippen LogP contribution in [-0.2, 0) is 11.3 Å². The molecule has 0 spiro atoms. The standard InChI is InChI=1S/C15H18N2O3/c1-2-13-10(6-7-20-13)8-17-9-16-14-11(15(18)19)4-3-5-12(14)17/h3-5,9-10,13H,2,6-8H2,1H3,(H,18,19). The van der Waals surface area contributed by atoms with Crippen molar-refractivity contribution in [2.24, 2.45) is 5.92 Å². The van der Waals surface area contributed by atoms with E-state index in [4.69, 9.17) is 4.74 Å². The molecule has 0 radical (unpaired) electrons. The van der Waals surface area contributed by atoms with Gasteiger partial charge in [0.2, 0.25) is 0 Å². The van der Waals surface area contributed by atoms with E-state index in [-0.39, 0.29) is 5.56 Å². The average molecular weight is 274 g/mol. The zero-order valence-electron chi connectivity index (χ0n) is 11.5. The molecule has 1 aromatic carbocycles. The van der Waals surface area contributed by atoms with Crippen LogP contribution in [0.1, 0.15) is 30.1 Å². The van der Waals surface area contributed by atoms with Crippen molar-refractivity contribution in [2.45, 2.75) is 32.4 Å². The first-order valence-corrected chi connectivity index (χ1v) is 6.99. The number of imidazole rings is 1. The number of carboxylic acid groups (broad SMARTS) is 1. The summed E-state index contributed by atoms with van der Waals surface area (Å²) in [6.45, 7) is 3.78. The van der Waals surface area contributed by atoms with E-state index in [1.165, 1.54) is 0 Å². The summed E-state index contributed by atoms with van der Waals surface area (Å²) in [5.74, 6) is -0.456. The van der Waals surface area contributed by atoms with Gasteiger partial charge >= 0.3 is 5.97 Å². The van der Waals surface area contributed by atoms with E-state index in [0.717, 1.165) is 31.5 Å². The summed E-state index contributed by atoms with van der Waals surface area (Å²) in [5.41, 5.74) is 1.70. The molecule has 5 nitrogen and oxygen atoms in total. The normalized spacial score (nSPS) is 22.4. The molecule has 1 saturated heterocycles. The Kier molecular flexibility index (Phi) is 3.44. The number of fused-ring (bicyclic) bond motifs is 1. The first-order valence-electron chi connectivity index (χ1n) is 6.99. The predicted octanol–water partition coefficient (Wildman–Crippen LogP) is 2.55. The summed E-state index contributed by atoms with van der Waals surface area (Å²) < 4.78 is 7.76. The number of carbonyl (C=O) groups is 1. The second kappa shape index (κ2) is 5.25. The fraction of sp³-hybridized carbons (Fsp3) is 0.467. The predicted molar refractivity (Wildman–Crippen MR) is 74.8 cm³/mol. The summed E-state index contributed by atoms with van der Waals surface area (Å²) in [4.78, 5) is 15.5. The van der Waals surface area contributed by atoms with Crippen LogP contribution in [0.3, 0.4) is 0 Å². The summed E-state index contributed by atoms with van der Waals surface area (Å²) in [6, 6.07) is 5.29. The van der Waals surface area contributed by atoms with E-state index >= 15 is 0 Å². The highest BCUT2D eigenvalue weighted by molar-refractivity contribution is 6.00. The van der Waals surface area contributed by atoms with Gasteiger partial charge in [-0.05, 0) is 25.0 Å². The minimum Gasteiger partial charge on any atom is -0.478 e. The highest BCUT2D eigenvalue weighted by atomic mass is 16.5. The molecular formula is C15H18N2O3. The number of hydrogen-bond donors (Lipinski definition) is 1. The molecular weight excluding hydrogens is 256 g/mol. The fourth-order valence-corrected chi connectivity index (χ4v) is 3.01. The molecule has 1 aliphatic heterocycles. The molecule has 0 saturated carbocycles. The SMILES string of the molecule is CCC1OCCC1Cn1cnc2c(C(=O)O)cccc21. The molecule has 1 fully saturated rings. The number of ether oxygens (including phenoxy) is 1. The largest absolute Gasteiger partial charge is 0.478 e. The molecule has 1 N–H and O–H groups in total. The Labute approximate surface area is 117 Å². The number of para-hydroxylation sites is 1. The molecule has 0 amide bonds. The molecule has 2 aromatic rings. The van der Waals surface area contributed by atoms with Gasteiger partial charge in [0.25, 0.3) is 0 Å². The summed E-state index contributed by atoms with van der Waals surface area (Å²) in [5, 5.41) is 9.19. The van der Waals surface area contributed by atoms with Crippen molar-refractivity contribution in [1.82, 2.24) is 9.55 Å². The van der Waals surface area contributed by atoms with Gasteiger partial charge in [-0.15, -0.1) is 0 Å². The Hall–Kier alpha value is -1.88. The summed E-state index contributed by atoms with van der Waals surface area (Å²) >= 11 is 0. The molecule has 20 heavy (non-hydrogen) atoms. The number of carboxylic acids is 1. The van der Waals surface area contributed by atoms with Crippen molar-refractivity contribution in [3.63, 3.8) is 0 Å². The minimum atomic E-state index is -0.934. The van der Waals surface area contributed by atoms with Crippen molar-refractivity contribution in [3.05, 3.63) is 30.1 Å². The first-order chi connectivity index (χ1) is 9.70. The van der Waals surface area contributed by atoms with E-state index in [2.05, 4.69) is 11.9 Å². The Morgan fingerprint density at radius 1 is 1.55 bits per heavy atom. The molecule has 0 bridgehead atoms. The maximum atomic E-state index is 11.2. The van der Waals surface area contributed by atoms with Crippen LogP contribution in [0, 0.1) is 5.92 Å². The van der Waals surface area contributed by atoms with E-state index < -0.39 is 5.97 Å². The quantitative estimate of drug-likeness (QED) is 0.930. The van der Waals surface area contributed by atoms with Gasteiger partial charge in [0.05, 0.1) is 23.5 Å². The Bertz CT molecular complexity index is 635. The van der Waals surface area contributed by atoms with Crippen LogP contribution in [0.5, 0.6) is 0 Å². The third-order valence-corrected chi connectivity index (χ3v) is 4.06. The number of aromatic carboxylic acids is 1. The molecule has 0 aliphatic carbocycles. The fourth-order valence-electron chi connectivity index (χ4n) is 3.01. The molecule has 2 atom stereocenters. The Morgan fingerprint density at radius 2 is 2.40 bits per heavy atom. The average Bonchev–Trinajstić information content (AvgIpc) is 3.06. The van der Waals surface area contributed by atoms with Crippen molar-refractivity contribution >= 4 is 17.0 Å². The topological polar surface area (TPSA) is 64.4 Å². The van der Waals surface area contributed by atoms with Crippen LogP contribution < -0.4 is 0 Å². The van der Waals surface area contributed by atoms with Gasteiger partial charge in [0, 0.05) is 19.1 Å². The molecule has 2 unspecified atom stereocenters. The molecule has 1 aliphatic rings. The summed E-state index contributed by atoms with van der Waals surface area (Å²) in [6.07, 6.45) is 4.10. The van der Waals surface area contributed by atoms with Crippen LogP contribution in [0.4, 0.5) is 0 Å². The number of aromatic nitrogens is 2. The molecule has 106 valence electrons. The molecule has 5 heteroatoms. The summed E-state index contributed by atoms with van der Waals surface area (Å²) in [7, 11) is 0. The van der Waals surface area contributed by atoms with Gasteiger partial charge in [-0.2, -0.15) is 0 Å². The van der Waals surface area contributed by atoms with Gasteiger partial charge < -0.3 is 14.4 Å². The van der Waals surface area contributed by atoms with Crippen LogP contribution >= 0.6 is 0 Å². The lowest BCUT2D eigenvalue weighted by Crippen LogP contribution is -2.19. The minimum absolute atomic E-state index is 0.260. The zero-order chi connectivity index (χ0) is 14.1. The van der Waals surface area contributed by atoms with Crippen molar-refractivity contribution in [3.8, 4) is 0 Å². The van der Waals surface area contributed by atoms with Gasteiger partial charge in [0.15, 0.2) is 0 Å². The van der Waals surface area contributed by atoms with Crippen LogP contribution in [0.2, 0.25) is 0 Å². The molecule has 1 aromatic heterocycles. The number of rotatable bonds is 4. The monoisotopic (exact) mass is 274 g/mol. The first kappa shape index (κ1) is 13.1. The highest BCUT2D eigenvalue weighted by Crippen LogP contribution is 2.27. The Balaban J connectivity index is 1.93. The third-order valence-electron chi connectivity index (χ3n) is 4.06. The van der Waals surface area contributed by atoms with Crippen LogP contribution in [0.15, 0.2) is 24.5 Å². The van der Waals surface area contributed by atoms with Gasteiger partial charge in [-0.25, -0.2) is 9.78 Å². The van der Waals surface area contributed by atoms with E-state index in [0.29, 0.717) is 17.5 Å². The lowest BCUT2D eigenvalue weighted by Gasteiger charge is -2.17. The number of nitrogens with zero attached hydrogens (tertiary/aromatic N) is 2. The smallest absolute Gasteiger partial charge is 0.337 e. The maximum absolute atomic E-state index is 11.2. The van der Waals surface area contributed by atoms with E-state index in [1.807, 2.05) is 10.6 Å². The molecule has 2 heterocycles. The molecule has 3 rings (SSSR count). The lowest BCUT2D eigenvalue weighted by molar-refractivity contribution is 0.0698. The highest BCUT2D eigenvalue weighted by Gasteiger charge is 2.27. The van der Waals surface area contributed by atoms with Crippen molar-refractivity contribution < 1.29 is 14.6 Å². The zero-order valence-corrected chi connectivity index (χ0v) is 11.5. The third kappa shape index (κ3) is 2.18. The second-order valence-electron chi connectivity index (χ2n) is 5.24.